The van der Waals surface area contributed by atoms with E-state index in [-0.39, 0.29) is 5.91 Å². The highest BCUT2D eigenvalue weighted by atomic mass is 16.2. The van der Waals surface area contributed by atoms with Crippen LogP contribution in [0.1, 0.15) is 26.7 Å². The van der Waals surface area contributed by atoms with E-state index in [1.54, 1.807) is 4.90 Å². The molecule has 0 radical (unpaired) electrons. The zero-order chi connectivity index (χ0) is 11.2. The van der Waals surface area contributed by atoms with Crippen LogP contribution in [0.15, 0.2) is 0 Å². The number of rotatable bonds is 5. The van der Waals surface area contributed by atoms with Gasteiger partial charge in [-0.15, -0.1) is 0 Å². The monoisotopic (exact) mass is 197 g/mol. The molecule has 0 aliphatic carbocycles. The smallest absolute Gasteiger partial charge is 0.235 e. The molecular weight excluding hydrogens is 178 g/mol. The lowest BCUT2D eigenvalue weighted by molar-refractivity contribution is -0.123. The zero-order valence-corrected chi connectivity index (χ0v) is 9.42. The molecule has 80 valence electrons. The number of amides is 1. The fourth-order valence-corrected chi connectivity index (χ4v) is 1.21. The number of nitrogens with one attached hydrogen (secondary N) is 1. The standard InChI is InChI=1S/C10H19N3O/c1-5-10(6-2,8-11)12-9(14)7-13(3)4/h5-7H2,1-4H3,(H,12,14). The number of hydrogen-bond donors (Lipinski definition) is 1. The maximum Gasteiger partial charge on any atom is 0.235 e. The lowest BCUT2D eigenvalue weighted by Crippen LogP contribution is -2.49. The van der Waals surface area contributed by atoms with Gasteiger partial charge >= 0.3 is 0 Å². The molecular formula is C10H19N3O. The van der Waals surface area contributed by atoms with E-state index in [4.69, 9.17) is 5.26 Å². The molecule has 14 heavy (non-hydrogen) atoms. The van der Waals surface area contributed by atoms with E-state index in [1.807, 2.05) is 27.9 Å². The van der Waals surface area contributed by atoms with Crippen LogP contribution in [0.2, 0.25) is 0 Å². The van der Waals surface area contributed by atoms with E-state index in [1.165, 1.54) is 0 Å². The molecule has 0 aromatic carbocycles. The van der Waals surface area contributed by atoms with Gasteiger partial charge in [-0.1, -0.05) is 13.8 Å². The Hall–Kier alpha value is -1.08. The lowest BCUT2D eigenvalue weighted by Gasteiger charge is -2.25. The summed E-state index contributed by atoms with van der Waals surface area (Å²) in [5.41, 5.74) is -0.687. The number of nitriles is 1. The van der Waals surface area contributed by atoms with Crippen LogP contribution in [0, 0.1) is 11.3 Å². The second-order valence-electron chi connectivity index (χ2n) is 3.69. The zero-order valence-electron chi connectivity index (χ0n) is 9.42. The normalized spacial score (nSPS) is 11.1. The Bertz CT molecular complexity index is 226. The quantitative estimate of drug-likeness (QED) is 0.707. The van der Waals surface area contributed by atoms with Gasteiger partial charge in [-0.3, -0.25) is 4.79 Å². The number of carbonyl (C=O) groups is 1. The van der Waals surface area contributed by atoms with Crippen LogP contribution in [0.4, 0.5) is 0 Å². The van der Waals surface area contributed by atoms with Crippen molar-refractivity contribution in [3.63, 3.8) is 0 Å². The van der Waals surface area contributed by atoms with Gasteiger partial charge in [-0.2, -0.15) is 5.26 Å². The Balaban J connectivity index is 4.32. The van der Waals surface area contributed by atoms with Crippen LogP contribution in [0.3, 0.4) is 0 Å². The molecule has 0 aliphatic heterocycles. The van der Waals surface area contributed by atoms with E-state index in [0.717, 1.165) is 0 Å². The molecule has 0 heterocycles. The third-order valence-corrected chi connectivity index (χ3v) is 2.26. The Kier molecular flexibility index (Phi) is 5.18. The predicted molar refractivity (Wildman–Crippen MR) is 55.6 cm³/mol. The van der Waals surface area contributed by atoms with Gasteiger partial charge in [0.05, 0.1) is 12.6 Å². The average molecular weight is 197 g/mol. The van der Waals surface area contributed by atoms with Crippen molar-refractivity contribution in [2.75, 3.05) is 20.6 Å². The Morgan fingerprint density at radius 1 is 1.43 bits per heavy atom. The first-order valence-electron chi connectivity index (χ1n) is 4.86. The van der Waals surface area contributed by atoms with Crippen LogP contribution < -0.4 is 5.32 Å². The molecule has 0 fully saturated rings. The van der Waals surface area contributed by atoms with Gasteiger partial charge in [0.25, 0.3) is 0 Å². The molecule has 0 aliphatic rings. The van der Waals surface area contributed by atoms with E-state index in [0.29, 0.717) is 19.4 Å². The third-order valence-electron chi connectivity index (χ3n) is 2.26. The van der Waals surface area contributed by atoms with E-state index >= 15 is 0 Å². The fraction of sp³-hybridized carbons (Fsp3) is 0.800. The highest BCUT2D eigenvalue weighted by Gasteiger charge is 2.27. The first kappa shape index (κ1) is 12.9. The summed E-state index contributed by atoms with van der Waals surface area (Å²) >= 11 is 0. The van der Waals surface area contributed by atoms with Gasteiger partial charge in [-0.05, 0) is 26.9 Å². The van der Waals surface area contributed by atoms with Crippen LogP contribution in [-0.2, 0) is 4.79 Å². The number of hydrogen-bond acceptors (Lipinski definition) is 3. The van der Waals surface area contributed by atoms with E-state index < -0.39 is 5.54 Å². The summed E-state index contributed by atoms with van der Waals surface area (Å²) in [7, 11) is 3.65. The Labute approximate surface area is 85.9 Å². The maximum absolute atomic E-state index is 11.4. The highest BCUT2D eigenvalue weighted by Crippen LogP contribution is 2.13. The van der Waals surface area contributed by atoms with Crippen LogP contribution in [-0.4, -0.2) is 37.0 Å². The molecule has 0 rings (SSSR count). The molecule has 1 amide bonds. The summed E-state index contributed by atoms with van der Waals surface area (Å²) in [5.74, 6) is -0.0970. The van der Waals surface area contributed by atoms with E-state index in [9.17, 15) is 4.79 Å². The molecule has 0 unspecified atom stereocenters. The van der Waals surface area contributed by atoms with Gasteiger partial charge in [-0.25, -0.2) is 0 Å². The van der Waals surface area contributed by atoms with E-state index in [2.05, 4.69) is 11.4 Å². The minimum absolute atomic E-state index is 0.0970. The molecule has 0 bridgehead atoms. The molecule has 0 spiro atoms. The van der Waals surface area contributed by atoms with Crippen LogP contribution in [0.25, 0.3) is 0 Å². The summed E-state index contributed by atoms with van der Waals surface area (Å²) in [6.45, 7) is 4.13. The highest BCUT2D eigenvalue weighted by molar-refractivity contribution is 5.79. The lowest BCUT2D eigenvalue weighted by atomic mass is 9.95. The predicted octanol–water partition coefficient (Wildman–Crippen LogP) is 0.747. The van der Waals surface area contributed by atoms with Gasteiger partial charge in [0.15, 0.2) is 0 Å². The second-order valence-corrected chi connectivity index (χ2v) is 3.69. The molecule has 0 aromatic rings. The van der Waals surface area contributed by atoms with Crippen molar-refractivity contribution in [2.24, 2.45) is 0 Å². The van der Waals surface area contributed by atoms with Gasteiger partial charge in [0.2, 0.25) is 5.91 Å². The number of nitrogens with zero attached hydrogens (tertiary/aromatic N) is 2. The molecule has 0 aromatic heterocycles. The van der Waals surface area contributed by atoms with Crippen molar-refractivity contribution < 1.29 is 4.79 Å². The van der Waals surface area contributed by atoms with Gasteiger partial charge in [0.1, 0.15) is 5.54 Å². The Morgan fingerprint density at radius 2 is 1.93 bits per heavy atom. The summed E-state index contributed by atoms with van der Waals surface area (Å²) in [4.78, 5) is 13.2. The van der Waals surface area contributed by atoms with Gasteiger partial charge < -0.3 is 10.2 Å². The largest absolute Gasteiger partial charge is 0.337 e. The third kappa shape index (κ3) is 3.75. The number of carbonyl (C=O) groups excluding carboxylic acids is 1. The summed E-state index contributed by atoms with van der Waals surface area (Å²) in [6, 6.07) is 2.17. The topological polar surface area (TPSA) is 56.1 Å². The first-order valence-corrected chi connectivity index (χ1v) is 4.86. The fourth-order valence-electron chi connectivity index (χ4n) is 1.21. The summed E-state index contributed by atoms with van der Waals surface area (Å²) < 4.78 is 0. The molecule has 0 atom stereocenters. The molecule has 4 heteroatoms. The number of likely N-dealkylation sites (N-methyl/N-ethyl adjacent to an activating group) is 1. The van der Waals surface area contributed by atoms with Crippen molar-refractivity contribution in [1.29, 1.82) is 5.26 Å². The Morgan fingerprint density at radius 3 is 2.21 bits per heavy atom. The van der Waals surface area contributed by atoms with Crippen molar-refractivity contribution in [3.05, 3.63) is 0 Å². The van der Waals surface area contributed by atoms with Crippen molar-refractivity contribution in [3.8, 4) is 6.07 Å². The SMILES string of the molecule is CCC(C#N)(CC)NC(=O)CN(C)C. The second kappa shape index (κ2) is 5.61. The van der Waals surface area contributed by atoms with Crippen LogP contribution >= 0.6 is 0 Å². The average Bonchev–Trinajstić information content (AvgIpc) is 2.13. The van der Waals surface area contributed by atoms with Gasteiger partial charge in [0, 0.05) is 0 Å². The van der Waals surface area contributed by atoms with Crippen molar-refractivity contribution in [2.45, 2.75) is 32.2 Å². The molecule has 1 N–H and O–H groups in total. The molecule has 0 saturated carbocycles. The molecule has 4 nitrogen and oxygen atoms in total. The summed E-state index contributed by atoms with van der Waals surface area (Å²) in [6.07, 6.45) is 1.28. The minimum Gasteiger partial charge on any atom is -0.337 e. The minimum atomic E-state index is -0.687. The van der Waals surface area contributed by atoms with Crippen molar-refractivity contribution >= 4 is 5.91 Å². The van der Waals surface area contributed by atoms with Crippen molar-refractivity contribution in [1.82, 2.24) is 10.2 Å². The van der Waals surface area contributed by atoms with Crippen LogP contribution in [0.5, 0.6) is 0 Å². The first-order chi connectivity index (χ1) is 6.49. The molecule has 0 saturated heterocycles. The summed E-state index contributed by atoms with van der Waals surface area (Å²) in [5, 5.41) is 11.8. The maximum atomic E-state index is 11.4.